The van der Waals surface area contributed by atoms with Crippen molar-refractivity contribution in [3.8, 4) is 5.75 Å². The van der Waals surface area contributed by atoms with E-state index in [0.29, 0.717) is 42.9 Å². The number of carbonyl (C=O) groups excluding carboxylic acids is 4. The average molecular weight is 958 g/mol. The number of ketones is 1. The van der Waals surface area contributed by atoms with Crippen LogP contribution in [0.25, 0.3) is 0 Å². The monoisotopic (exact) mass is 958 g/mol. The number of carbonyl (C=O) groups is 4. The molecule has 0 aromatic heterocycles. The third-order valence-electron chi connectivity index (χ3n) is 18.3. The van der Waals surface area contributed by atoms with Crippen LogP contribution in [0.2, 0.25) is 0 Å². The van der Waals surface area contributed by atoms with Crippen LogP contribution < -0.4 is 20.7 Å². The average Bonchev–Trinajstić information content (AvgIpc) is 3.28. The molecular weight excluding hydrogens is 878 g/mol. The lowest BCUT2D eigenvalue weighted by Gasteiger charge is -2.70. The van der Waals surface area contributed by atoms with Gasteiger partial charge in [0.25, 0.3) is 0 Å². The van der Waals surface area contributed by atoms with E-state index < -0.39 is 18.8 Å². The molecule has 2 aromatic carbocycles. The molecule has 4 saturated carbocycles. The Morgan fingerprint density at radius 3 is 2.18 bits per heavy atom. The highest BCUT2D eigenvalue weighted by atomic mass is 31.2. The molecule has 13 heteroatoms. The first kappa shape index (κ1) is 51.8. The fourth-order valence-corrected chi connectivity index (χ4v) is 16.3. The number of rotatable bonds is 17. The van der Waals surface area contributed by atoms with E-state index >= 15 is 0 Å². The molecule has 68 heavy (non-hydrogen) atoms. The Hall–Kier alpha value is -3.99. The summed E-state index contributed by atoms with van der Waals surface area (Å²) in [6.45, 7) is 22.6. The van der Waals surface area contributed by atoms with Gasteiger partial charge < -0.3 is 34.5 Å². The molecule has 0 heterocycles. The van der Waals surface area contributed by atoms with Gasteiger partial charge in [0, 0.05) is 42.4 Å². The molecule has 1 unspecified atom stereocenters. The predicted octanol–water partition coefficient (Wildman–Crippen LogP) is 11.1. The van der Waals surface area contributed by atoms with Gasteiger partial charge in [-0.25, -0.2) is 0 Å². The number of esters is 1. The maximum Gasteiger partial charge on any atom is 0.357 e. The Morgan fingerprint density at radius 1 is 0.838 bits per heavy atom. The van der Waals surface area contributed by atoms with E-state index in [9.17, 15) is 23.7 Å². The van der Waals surface area contributed by atoms with E-state index in [2.05, 4.69) is 70.5 Å². The van der Waals surface area contributed by atoms with Gasteiger partial charge in [0.15, 0.2) is 11.6 Å². The maximum absolute atomic E-state index is 14.9. The van der Waals surface area contributed by atoms with E-state index in [-0.39, 0.29) is 94.1 Å². The highest BCUT2D eigenvalue weighted by molar-refractivity contribution is 7.54. The summed E-state index contributed by atoms with van der Waals surface area (Å²) in [6.07, 6.45) is 10.9. The van der Waals surface area contributed by atoms with Crippen molar-refractivity contribution in [2.24, 2.45) is 50.2 Å². The first-order valence-corrected chi connectivity index (χ1v) is 27.0. The van der Waals surface area contributed by atoms with Crippen molar-refractivity contribution in [3.63, 3.8) is 0 Å². The van der Waals surface area contributed by atoms with Crippen LogP contribution in [-0.4, -0.2) is 63.1 Å². The van der Waals surface area contributed by atoms with Gasteiger partial charge in [0.2, 0.25) is 11.8 Å². The molecule has 10 atom stereocenters. The number of nitrogens with one attached hydrogen (secondary N) is 3. The summed E-state index contributed by atoms with van der Waals surface area (Å²) in [5, 5.41) is 9.60. The van der Waals surface area contributed by atoms with Crippen molar-refractivity contribution in [1.29, 1.82) is 0 Å². The Morgan fingerprint density at radius 2 is 1.51 bits per heavy atom. The van der Waals surface area contributed by atoms with E-state index in [1.165, 1.54) is 12.5 Å². The van der Waals surface area contributed by atoms with Crippen LogP contribution in [0.15, 0.2) is 60.2 Å². The van der Waals surface area contributed by atoms with Gasteiger partial charge in [0.05, 0.1) is 26.7 Å². The summed E-state index contributed by atoms with van der Waals surface area (Å²) in [7, 11) is -2.06. The maximum atomic E-state index is 14.9. The number of hydrogen-bond donors (Lipinski definition) is 3. The second-order valence-electron chi connectivity index (χ2n) is 22.7. The highest BCUT2D eigenvalue weighted by Gasteiger charge is 2.70. The molecule has 5 aliphatic carbocycles. The number of amides is 2. The molecular formula is C55H80N3O9P. The van der Waals surface area contributed by atoms with Crippen molar-refractivity contribution in [1.82, 2.24) is 10.6 Å². The van der Waals surface area contributed by atoms with Gasteiger partial charge >= 0.3 is 13.6 Å². The number of hydrogen-bond acceptors (Lipinski definition) is 10. The van der Waals surface area contributed by atoms with Gasteiger partial charge in [-0.3, -0.25) is 23.7 Å². The van der Waals surface area contributed by atoms with Gasteiger partial charge in [-0.05, 0) is 153 Å². The highest BCUT2D eigenvalue weighted by Crippen LogP contribution is 2.75. The van der Waals surface area contributed by atoms with Crippen molar-refractivity contribution in [2.45, 2.75) is 152 Å². The van der Waals surface area contributed by atoms with Crippen molar-refractivity contribution >= 4 is 36.9 Å². The summed E-state index contributed by atoms with van der Waals surface area (Å²) >= 11 is 0. The fourth-order valence-electron chi connectivity index (χ4n) is 14.3. The third-order valence-corrected chi connectivity index (χ3v) is 20.6. The normalized spacial score (nSPS) is 33.3. The largest absolute Gasteiger partial charge is 0.497 e. The number of anilines is 1. The molecule has 0 spiro atoms. The molecule has 3 N–H and O–H groups in total. The molecule has 7 rings (SSSR count). The van der Waals surface area contributed by atoms with Crippen LogP contribution in [0, 0.1) is 50.2 Å². The zero-order chi connectivity index (χ0) is 49.5. The van der Waals surface area contributed by atoms with Crippen molar-refractivity contribution < 1.29 is 42.3 Å². The van der Waals surface area contributed by atoms with Gasteiger partial charge in [-0.15, -0.1) is 0 Å². The molecule has 0 radical (unpaired) electrons. The molecule has 0 aliphatic heterocycles. The van der Waals surface area contributed by atoms with Crippen molar-refractivity contribution in [2.75, 3.05) is 38.7 Å². The van der Waals surface area contributed by atoms with Gasteiger partial charge in [-0.1, -0.05) is 78.3 Å². The van der Waals surface area contributed by atoms with E-state index in [1.54, 1.807) is 21.0 Å². The number of methoxy groups -OCH3 is 1. The molecule has 0 saturated heterocycles. The summed E-state index contributed by atoms with van der Waals surface area (Å²) in [5.74, 6) is 0.0798. The Balaban J connectivity index is 0.941. The molecule has 2 amide bonds. The number of allylic oxidation sites excluding steroid dienone is 2. The van der Waals surface area contributed by atoms with Crippen LogP contribution in [0.1, 0.15) is 150 Å². The Bertz CT molecular complexity index is 2290. The summed E-state index contributed by atoms with van der Waals surface area (Å²) in [4.78, 5) is 54.2. The minimum atomic E-state index is -3.64. The minimum absolute atomic E-state index is 0.0252. The molecule has 0 bridgehead atoms. The Labute approximate surface area is 406 Å². The van der Waals surface area contributed by atoms with Crippen molar-refractivity contribution in [3.05, 3.63) is 71.3 Å². The van der Waals surface area contributed by atoms with Gasteiger partial charge in [-0.2, -0.15) is 0 Å². The Kier molecular flexibility index (Phi) is 15.0. The summed E-state index contributed by atoms with van der Waals surface area (Å²) in [5.41, 5.74) is 2.13. The number of fused-ring (bicyclic) bond motifs is 7. The molecule has 4 fully saturated rings. The second-order valence-corrected chi connectivity index (χ2v) is 24.9. The van der Waals surface area contributed by atoms with E-state index in [1.807, 2.05) is 48.5 Å². The lowest BCUT2D eigenvalue weighted by atomic mass is 9.33. The topological polar surface area (TPSA) is 158 Å². The van der Waals surface area contributed by atoms with Crippen LogP contribution in [-0.2, 0) is 43.9 Å². The first-order valence-electron chi connectivity index (χ1n) is 25.4. The quantitative estimate of drug-likeness (QED) is 0.0792. The number of benzene rings is 2. The standard InChI is InChI=1S/C55H80N3O9P/c1-12-65-68(63,66-13-2)48(38-16-14-17-40(33-38)64-11)58-39-20-18-37(19-21-39)32-46(61)56-30-15-31-57-49(62)52(7)27-26-51(6)28-29-54(9)41(42(51)35-52)34-43(60)47-53(8)24-23-45(67-36(3)59)50(4,5)44(53)22-25-55(47,54)10/h14,16-21,33-34,42,44-45,47-48,58H,12-13,15,22-32,35H2,1-11H3,(H,56,61)(H,57,62)/t42-,44-,45-,47+,48?,51+,52-,53-,54+,55+/m0/s1. The smallest absolute Gasteiger partial charge is 0.357 e. The van der Waals surface area contributed by atoms with Crippen LogP contribution >= 0.6 is 7.60 Å². The second kappa shape index (κ2) is 19.7. The molecule has 5 aliphatic rings. The fraction of sp³-hybridized carbons (Fsp3) is 0.673. The molecule has 374 valence electrons. The molecule has 12 nitrogen and oxygen atoms in total. The van der Waals surface area contributed by atoms with E-state index in [4.69, 9.17) is 18.5 Å². The third kappa shape index (κ3) is 9.48. The van der Waals surface area contributed by atoms with Crippen LogP contribution in [0.3, 0.4) is 0 Å². The number of ether oxygens (including phenoxy) is 2. The van der Waals surface area contributed by atoms with E-state index in [0.717, 1.165) is 56.9 Å². The SMILES string of the molecule is CCOP(=O)(OCC)C(Nc1ccc(CC(=O)NCCCNC(=O)[C@@]2(C)CC[C@]3(C)CC[C@]4(C)C(=CC(=O)[C@@H]5[C@@]6(C)CC[C@H](OC(C)=O)C(C)(C)[C@@H]6CC[C@]54C)[C@@H]3C2)cc1)c1cccc(OC)c1. The first-order chi connectivity index (χ1) is 32.0. The summed E-state index contributed by atoms with van der Waals surface area (Å²) < 4.78 is 36.8. The minimum Gasteiger partial charge on any atom is -0.497 e. The zero-order valence-electron chi connectivity index (χ0n) is 42.8. The molecule has 2 aromatic rings. The zero-order valence-corrected chi connectivity index (χ0v) is 43.7. The van der Waals surface area contributed by atoms with Gasteiger partial charge in [0.1, 0.15) is 11.9 Å². The van der Waals surface area contributed by atoms with Crippen LogP contribution in [0.5, 0.6) is 5.75 Å². The lowest BCUT2D eigenvalue weighted by Crippen LogP contribution is -2.66. The predicted molar refractivity (Wildman–Crippen MR) is 266 cm³/mol. The lowest BCUT2D eigenvalue weighted by molar-refractivity contribution is -0.210. The summed E-state index contributed by atoms with van der Waals surface area (Å²) in [6, 6.07) is 14.7. The van der Waals surface area contributed by atoms with Crippen LogP contribution in [0.4, 0.5) is 5.69 Å².